The second-order valence-electron chi connectivity index (χ2n) is 5.68. The summed E-state index contributed by atoms with van der Waals surface area (Å²) in [7, 11) is 6.34. The topological polar surface area (TPSA) is 43.4 Å². The summed E-state index contributed by atoms with van der Waals surface area (Å²) in [6.45, 7) is 6.39. The quantitative estimate of drug-likeness (QED) is 0.274. The van der Waals surface area contributed by atoms with Crippen molar-refractivity contribution in [1.82, 2.24) is 0 Å². The molecule has 0 radical (unpaired) electrons. The van der Waals surface area contributed by atoms with E-state index in [-0.39, 0.29) is 11.8 Å². The molecule has 0 fully saturated rings. The van der Waals surface area contributed by atoms with Gasteiger partial charge < -0.3 is 9.22 Å². The van der Waals surface area contributed by atoms with Gasteiger partial charge in [-0.3, -0.25) is 4.79 Å². The highest BCUT2D eigenvalue weighted by Gasteiger charge is 2.09. The van der Waals surface area contributed by atoms with Crippen LogP contribution >= 0.6 is 0 Å². The lowest BCUT2D eigenvalue weighted by atomic mass is 10.1. The Bertz CT molecular complexity index is 303. The van der Waals surface area contributed by atoms with Gasteiger partial charge in [0.1, 0.15) is 5.78 Å². The lowest BCUT2D eigenvalue weighted by Crippen LogP contribution is -2.35. The van der Waals surface area contributed by atoms with Gasteiger partial charge in [-0.2, -0.15) is 0 Å². The highest BCUT2D eigenvalue weighted by Crippen LogP contribution is 2.03. The summed E-state index contributed by atoms with van der Waals surface area (Å²) >= 11 is 0. The highest BCUT2D eigenvalue weighted by molar-refractivity contribution is 5.86. The van der Waals surface area contributed by atoms with E-state index in [1.165, 1.54) is 0 Å². The number of quaternary nitrogens is 1. The third-order valence-corrected chi connectivity index (χ3v) is 2.47. The van der Waals surface area contributed by atoms with Crippen molar-refractivity contribution in [2.24, 2.45) is 0 Å². The first-order chi connectivity index (χ1) is 8.22. The van der Waals surface area contributed by atoms with Gasteiger partial charge in [-0.05, 0) is 13.3 Å². The number of Topliss-reactive ketones (excluding diaryl/α,β-unsaturated/α-hetero) is 1. The van der Waals surface area contributed by atoms with Gasteiger partial charge in [-0.15, -0.1) is 0 Å². The molecule has 0 aliphatic heterocycles. The van der Waals surface area contributed by atoms with Crippen molar-refractivity contribution in [3.05, 3.63) is 12.2 Å². The predicted octanol–water partition coefficient (Wildman–Crippen LogP) is 1.94. The van der Waals surface area contributed by atoms with E-state index in [1.54, 1.807) is 6.92 Å². The monoisotopic (exact) mass is 256 g/mol. The lowest BCUT2D eigenvalue weighted by Gasteiger charge is -2.23. The minimum Gasteiger partial charge on any atom is -0.462 e. The number of carbonyl (C=O) groups excluding carboxylic acids is 2. The molecule has 104 valence electrons. The minimum absolute atomic E-state index is 0.245. The molecule has 0 bridgehead atoms. The fraction of sp³-hybridized carbons (Fsp3) is 0.714. The number of nitrogens with zero attached hydrogens (tertiary/aromatic N) is 1. The van der Waals surface area contributed by atoms with Crippen molar-refractivity contribution in [2.75, 3.05) is 34.3 Å². The number of ether oxygens (including phenoxy) is 1. The van der Waals surface area contributed by atoms with E-state index in [2.05, 4.69) is 27.7 Å². The molecule has 0 unspecified atom stereocenters. The molecular formula is C14H26NO3+. The zero-order valence-corrected chi connectivity index (χ0v) is 12.1. The normalized spacial score (nSPS) is 11.1. The molecule has 0 aliphatic rings. The van der Waals surface area contributed by atoms with Crippen molar-refractivity contribution in [3.63, 3.8) is 0 Å². The summed E-state index contributed by atoms with van der Waals surface area (Å²) in [6, 6.07) is 0. The van der Waals surface area contributed by atoms with E-state index >= 15 is 0 Å². The zero-order chi connectivity index (χ0) is 14.2. The SMILES string of the molecule is C=C(C)C(=O)OCCCC(=O)CCC[N+](C)(C)C. The minimum atomic E-state index is -0.382. The van der Waals surface area contributed by atoms with Crippen LogP contribution < -0.4 is 0 Å². The van der Waals surface area contributed by atoms with E-state index in [9.17, 15) is 9.59 Å². The van der Waals surface area contributed by atoms with Crippen LogP contribution in [0.1, 0.15) is 32.6 Å². The van der Waals surface area contributed by atoms with Crippen LogP contribution in [0.4, 0.5) is 0 Å². The van der Waals surface area contributed by atoms with Crippen LogP contribution in [0.5, 0.6) is 0 Å². The summed E-state index contributed by atoms with van der Waals surface area (Å²) in [4.78, 5) is 22.6. The van der Waals surface area contributed by atoms with Gasteiger partial charge in [-0.1, -0.05) is 6.58 Å². The molecule has 0 aromatic rings. The van der Waals surface area contributed by atoms with E-state index in [0.29, 0.717) is 31.4 Å². The lowest BCUT2D eigenvalue weighted by molar-refractivity contribution is -0.870. The van der Waals surface area contributed by atoms with Crippen LogP contribution in [-0.2, 0) is 14.3 Å². The summed E-state index contributed by atoms with van der Waals surface area (Å²) in [5.41, 5.74) is 0.393. The maximum absolute atomic E-state index is 11.5. The third-order valence-electron chi connectivity index (χ3n) is 2.47. The van der Waals surface area contributed by atoms with E-state index < -0.39 is 0 Å². The molecule has 0 aromatic heterocycles. The number of carbonyl (C=O) groups is 2. The van der Waals surface area contributed by atoms with Gasteiger partial charge in [0.2, 0.25) is 0 Å². The summed E-state index contributed by atoms with van der Waals surface area (Å²) in [5, 5.41) is 0. The molecular weight excluding hydrogens is 230 g/mol. The molecule has 0 spiro atoms. The third kappa shape index (κ3) is 10.0. The van der Waals surface area contributed by atoms with Crippen molar-refractivity contribution >= 4 is 11.8 Å². The predicted molar refractivity (Wildman–Crippen MR) is 72.1 cm³/mol. The Morgan fingerprint density at radius 2 is 1.67 bits per heavy atom. The maximum Gasteiger partial charge on any atom is 0.333 e. The number of hydrogen-bond donors (Lipinski definition) is 0. The molecule has 4 nitrogen and oxygen atoms in total. The molecule has 0 rings (SSSR count). The Balaban J connectivity index is 3.54. The molecule has 0 aliphatic carbocycles. The van der Waals surface area contributed by atoms with Crippen LogP contribution in [0, 0.1) is 0 Å². The van der Waals surface area contributed by atoms with Gasteiger partial charge in [0.05, 0.1) is 34.3 Å². The highest BCUT2D eigenvalue weighted by atomic mass is 16.5. The first-order valence-electron chi connectivity index (χ1n) is 6.37. The number of esters is 1. The fourth-order valence-electron chi connectivity index (χ4n) is 1.43. The van der Waals surface area contributed by atoms with Crippen LogP contribution in [0.3, 0.4) is 0 Å². The summed E-state index contributed by atoms with van der Waals surface area (Å²) < 4.78 is 5.80. The number of rotatable bonds is 9. The van der Waals surface area contributed by atoms with Crippen molar-refractivity contribution in [3.8, 4) is 0 Å². The molecule has 18 heavy (non-hydrogen) atoms. The molecule has 0 aromatic carbocycles. The van der Waals surface area contributed by atoms with E-state index in [0.717, 1.165) is 17.4 Å². The maximum atomic E-state index is 11.5. The Morgan fingerprint density at radius 1 is 1.11 bits per heavy atom. The Labute approximate surface area is 110 Å². The van der Waals surface area contributed by atoms with Gasteiger partial charge >= 0.3 is 5.97 Å². The van der Waals surface area contributed by atoms with Crippen LogP contribution in [0.2, 0.25) is 0 Å². The van der Waals surface area contributed by atoms with Crippen molar-refractivity contribution < 1.29 is 18.8 Å². The second kappa shape index (κ2) is 8.03. The molecule has 0 heterocycles. The largest absolute Gasteiger partial charge is 0.462 e. The zero-order valence-electron chi connectivity index (χ0n) is 12.1. The Kier molecular flexibility index (Phi) is 7.51. The first kappa shape index (κ1) is 16.8. The van der Waals surface area contributed by atoms with Crippen LogP contribution in [0.25, 0.3) is 0 Å². The van der Waals surface area contributed by atoms with Crippen LogP contribution in [0.15, 0.2) is 12.2 Å². The van der Waals surface area contributed by atoms with Crippen molar-refractivity contribution in [1.29, 1.82) is 0 Å². The van der Waals surface area contributed by atoms with Gasteiger partial charge in [0.25, 0.3) is 0 Å². The Morgan fingerprint density at radius 3 is 2.17 bits per heavy atom. The van der Waals surface area contributed by atoms with Gasteiger partial charge in [-0.25, -0.2) is 4.79 Å². The van der Waals surface area contributed by atoms with E-state index in [1.807, 2.05) is 0 Å². The summed E-state index contributed by atoms with van der Waals surface area (Å²) in [5.74, 6) is -0.137. The standard InChI is InChI=1S/C14H26NO3/c1-12(2)14(17)18-11-7-9-13(16)8-6-10-15(3,4)5/h1,6-11H2,2-5H3/q+1. The second-order valence-corrected chi connectivity index (χ2v) is 5.68. The molecule has 0 amide bonds. The van der Waals surface area contributed by atoms with Crippen LogP contribution in [-0.4, -0.2) is 50.5 Å². The molecule has 0 atom stereocenters. The molecule has 4 heteroatoms. The molecule has 0 saturated heterocycles. The smallest absolute Gasteiger partial charge is 0.333 e. The van der Waals surface area contributed by atoms with Gasteiger partial charge in [0, 0.05) is 24.8 Å². The number of hydrogen-bond acceptors (Lipinski definition) is 3. The Hall–Kier alpha value is -1.16. The molecule has 0 saturated carbocycles. The summed E-state index contributed by atoms with van der Waals surface area (Å²) in [6.07, 6.45) is 2.61. The van der Waals surface area contributed by atoms with Gasteiger partial charge in [0.15, 0.2) is 0 Å². The fourth-order valence-corrected chi connectivity index (χ4v) is 1.43. The molecule has 0 N–H and O–H groups in total. The first-order valence-corrected chi connectivity index (χ1v) is 6.37. The van der Waals surface area contributed by atoms with Crippen molar-refractivity contribution in [2.45, 2.75) is 32.6 Å². The van der Waals surface area contributed by atoms with E-state index in [4.69, 9.17) is 4.74 Å². The number of ketones is 1. The average Bonchev–Trinajstić information content (AvgIpc) is 2.22. The average molecular weight is 256 g/mol.